The molecule has 0 amide bonds. The average molecular weight is 186 g/mol. The van der Waals surface area contributed by atoms with Gasteiger partial charge in [-0.1, -0.05) is 0 Å². The second kappa shape index (κ2) is 5.94. The highest BCUT2D eigenvalue weighted by atomic mass is 16.5. The summed E-state index contributed by atoms with van der Waals surface area (Å²) in [6.45, 7) is 3.01. The van der Waals surface area contributed by atoms with E-state index < -0.39 is 0 Å². The number of methoxy groups -OCH3 is 1. The molecule has 0 saturated carbocycles. The Balaban J connectivity index is 2.14. The van der Waals surface area contributed by atoms with Crippen molar-refractivity contribution >= 4 is 5.84 Å². The number of rotatable bonds is 5. The van der Waals surface area contributed by atoms with Gasteiger partial charge in [-0.05, 0) is 12.3 Å². The van der Waals surface area contributed by atoms with Crippen molar-refractivity contribution < 1.29 is 9.47 Å². The van der Waals surface area contributed by atoms with E-state index in [2.05, 4.69) is 4.99 Å². The zero-order chi connectivity index (χ0) is 9.52. The molecule has 0 aromatic carbocycles. The third-order valence-corrected chi connectivity index (χ3v) is 2.13. The molecule has 4 heteroatoms. The van der Waals surface area contributed by atoms with Gasteiger partial charge in [0, 0.05) is 26.7 Å². The highest BCUT2D eigenvalue weighted by molar-refractivity contribution is 5.80. The number of aliphatic imine (C=N–C) groups is 1. The molecule has 1 heterocycles. The summed E-state index contributed by atoms with van der Waals surface area (Å²) >= 11 is 0. The van der Waals surface area contributed by atoms with Gasteiger partial charge in [0.2, 0.25) is 0 Å². The number of ether oxygens (including phenoxy) is 2. The second-order valence-electron chi connectivity index (χ2n) is 3.30. The molecule has 1 atom stereocenters. The van der Waals surface area contributed by atoms with Crippen LogP contribution in [0.15, 0.2) is 4.99 Å². The molecular weight excluding hydrogens is 168 g/mol. The van der Waals surface area contributed by atoms with E-state index in [1.807, 2.05) is 0 Å². The number of nitrogens with two attached hydrogens (primary N) is 1. The Morgan fingerprint density at radius 2 is 2.54 bits per heavy atom. The van der Waals surface area contributed by atoms with E-state index in [1.165, 1.54) is 0 Å². The third-order valence-electron chi connectivity index (χ3n) is 2.13. The van der Waals surface area contributed by atoms with Crippen molar-refractivity contribution in [2.45, 2.75) is 12.8 Å². The number of hydrogen-bond acceptors (Lipinski definition) is 3. The van der Waals surface area contributed by atoms with Gasteiger partial charge in [0.05, 0.1) is 19.0 Å². The maximum atomic E-state index is 5.73. The predicted molar refractivity (Wildman–Crippen MR) is 51.9 cm³/mol. The largest absolute Gasteiger partial charge is 0.387 e. The van der Waals surface area contributed by atoms with Crippen molar-refractivity contribution in [1.29, 1.82) is 0 Å². The SMILES string of the molecule is COCCN=C(N)CC1CCOC1. The fourth-order valence-corrected chi connectivity index (χ4v) is 1.39. The summed E-state index contributed by atoms with van der Waals surface area (Å²) in [7, 11) is 1.66. The smallest absolute Gasteiger partial charge is 0.0941 e. The molecule has 0 radical (unpaired) electrons. The summed E-state index contributed by atoms with van der Waals surface area (Å²) in [5.41, 5.74) is 5.73. The van der Waals surface area contributed by atoms with E-state index in [4.69, 9.17) is 15.2 Å². The van der Waals surface area contributed by atoms with Gasteiger partial charge in [-0.3, -0.25) is 4.99 Å². The highest BCUT2D eigenvalue weighted by Crippen LogP contribution is 2.15. The van der Waals surface area contributed by atoms with E-state index in [-0.39, 0.29) is 0 Å². The third kappa shape index (κ3) is 4.24. The fraction of sp³-hybridized carbons (Fsp3) is 0.889. The quantitative estimate of drug-likeness (QED) is 0.384. The summed E-state index contributed by atoms with van der Waals surface area (Å²) in [5, 5.41) is 0. The van der Waals surface area contributed by atoms with E-state index in [9.17, 15) is 0 Å². The fourth-order valence-electron chi connectivity index (χ4n) is 1.39. The molecule has 4 nitrogen and oxygen atoms in total. The number of nitrogens with zero attached hydrogens (tertiary/aromatic N) is 1. The van der Waals surface area contributed by atoms with Crippen LogP contribution in [0.3, 0.4) is 0 Å². The van der Waals surface area contributed by atoms with Crippen LogP contribution in [-0.2, 0) is 9.47 Å². The van der Waals surface area contributed by atoms with E-state index in [0.717, 1.165) is 31.9 Å². The summed E-state index contributed by atoms with van der Waals surface area (Å²) in [5.74, 6) is 1.30. The Labute approximate surface area is 79.1 Å². The molecule has 0 aromatic heterocycles. The molecule has 1 saturated heterocycles. The molecule has 0 aliphatic carbocycles. The van der Waals surface area contributed by atoms with Gasteiger partial charge in [0.1, 0.15) is 0 Å². The molecule has 13 heavy (non-hydrogen) atoms. The lowest BCUT2D eigenvalue weighted by Gasteiger charge is -2.06. The highest BCUT2D eigenvalue weighted by Gasteiger charge is 2.16. The van der Waals surface area contributed by atoms with Crippen molar-refractivity contribution in [2.75, 3.05) is 33.5 Å². The van der Waals surface area contributed by atoms with Crippen LogP contribution in [0.2, 0.25) is 0 Å². The lowest BCUT2D eigenvalue weighted by molar-refractivity contribution is 0.186. The van der Waals surface area contributed by atoms with E-state index in [0.29, 0.717) is 19.1 Å². The van der Waals surface area contributed by atoms with Crippen LogP contribution >= 0.6 is 0 Å². The van der Waals surface area contributed by atoms with Crippen LogP contribution in [0.4, 0.5) is 0 Å². The average Bonchev–Trinajstić information content (AvgIpc) is 2.57. The summed E-state index contributed by atoms with van der Waals surface area (Å²) in [6, 6.07) is 0. The van der Waals surface area contributed by atoms with E-state index in [1.54, 1.807) is 7.11 Å². The van der Waals surface area contributed by atoms with Gasteiger partial charge in [0.25, 0.3) is 0 Å². The topological polar surface area (TPSA) is 56.8 Å². The molecule has 2 N–H and O–H groups in total. The summed E-state index contributed by atoms with van der Waals surface area (Å²) in [4.78, 5) is 4.19. The Hall–Kier alpha value is -0.610. The first-order chi connectivity index (χ1) is 6.33. The molecule has 76 valence electrons. The molecule has 1 rings (SSSR count). The maximum Gasteiger partial charge on any atom is 0.0941 e. The van der Waals surface area contributed by atoms with Gasteiger partial charge in [-0.25, -0.2) is 0 Å². The van der Waals surface area contributed by atoms with Crippen LogP contribution in [0, 0.1) is 5.92 Å². The van der Waals surface area contributed by atoms with Crippen molar-refractivity contribution in [3.8, 4) is 0 Å². The first-order valence-electron chi connectivity index (χ1n) is 4.68. The minimum absolute atomic E-state index is 0.575. The van der Waals surface area contributed by atoms with Crippen LogP contribution in [0.5, 0.6) is 0 Å². The zero-order valence-corrected chi connectivity index (χ0v) is 8.16. The monoisotopic (exact) mass is 186 g/mol. The van der Waals surface area contributed by atoms with Gasteiger partial charge in [-0.15, -0.1) is 0 Å². The lowest BCUT2D eigenvalue weighted by atomic mass is 10.1. The maximum absolute atomic E-state index is 5.73. The van der Waals surface area contributed by atoms with Crippen LogP contribution in [0.1, 0.15) is 12.8 Å². The molecule has 1 unspecified atom stereocenters. The molecule has 1 aliphatic heterocycles. The Kier molecular flexibility index (Phi) is 4.78. The molecule has 0 bridgehead atoms. The van der Waals surface area contributed by atoms with Crippen LogP contribution in [0.25, 0.3) is 0 Å². The van der Waals surface area contributed by atoms with Gasteiger partial charge in [0.15, 0.2) is 0 Å². The van der Waals surface area contributed by atoms with Crippen molar-refractivity contribution in [2.24, 2.45) is 16.6 Å². The standard InChI is InChI=1S/C9H18N2O2/c1-12-5-3-11-9(10)6-8-2-4-13-7-8/h8H,2-7H2,1H3,(H2,10,11). The number of amidine groups is 1. The lowest BCUT2D eigenvalue weighted by Crippen LogP contribution is -2.18. The molecule has 1 aliphatic rings. The molecule has 0 spiro atoms. The van der Waals surface area contributed by atoms with Crippen LogP contribution < -0.4 is 5.73 Å². The Bertz CT molecular complexity index is 165. The number of hydrogen-bond donors (Lipinski definition) is 1. The molecule has 1 fully saturated rings. The summed E-state index contributed by atoms with van der Waals surface area (Å²) < 4.78 is 10.1. The Morgan fingerprint density at radius 1 is 1.69 bits per heavy atom. The van der Waals surface area contributed by atoms with Crippen LogP contribution in [-0.4, -0.2) is 39.3 Å². The minimum atomic E-state index is 0.575. The first kappa shape index (κ1) is 10.5. The second-order valence-corrected chi connectivity index (χ2v) is 3.30. The van der Waals surface area contributed by atoms with Crippen molar-refractivity contribution in [3.63, 3.8) is 0 Å². The van der Waals surface area contributed by atoms with Gasteiger partial charge in [-0.2, -0.15) is 0 Å². The zero-order valence-electron chi connectivity index (χ0n) is 8.16. The predicted octanol–water partition coefficient (Wildman–Crippen LogP) is 0.417. The summed E-state index contributed by atoms with van der Waals surface area (Å²) in [6.07, 6.45) is 1.98. The molecular formula is C9H18N2O2. The van der Waals surface area contributed by atoms with E-state index >= 15 is 0 Å². The Morgan fingerprint density at radius 3 is 3.15 bits per heavy atom. The minimum Gasteiger partial charge on any atom is -0.387 e. The normalized spacial score (nSPS) is 23.8. The molecule has 0 aromatic rings. The van der Waals surface area contributed by atoms with Crippen molar-refractivity contribution in [1.82, 2.24) is 0 Å². The van der Waals surface area contributed by atoms with Gasteiger partial charge >= 0.3 is 0 Å². The first-order valence-corrected chi connectivity index (χ1v) is 4.68. The van der Waals surface area contributed by atoms with Crippen molar-refractivity contribution in [3.05, 3.63) is 0 Å². The van der Waals surface area contributed by atoms with Gasteiger partial charge < -0.3 is 15.2 Å².